The van der Waals surface area contributed by atoms with E-state index in [0.29, 0.717) is 17.6 Å². The summed E-state index contributed by atoms with van der Waals surface area (Å²) in [6.45, 7) is 0.378. The summed E-state index contributed by atoms with van der Waals surface area (Å²) in [6, 6.07) is 9.97. The van der Waals surface area contributed by atoms with Crippen LogP contribution in [-0.2, 0) is 6.54 Å². The van der Waals surface area contributed by atoms with Crippen LogP contribution in [0.5, 0.6) is 0 Å². The van der Waals surface area contributed by atoms with E-state index in [4.69, 9.17) is 10.0 Å². The third-order valence-electron chi connectivity index (χ3n) is 2.67. The molecule has 1 aromatic carbocycles. The summed E-state index contributed by atoms with van der Waals surface area (Å²) in [4.78, 5) is 15.6. The summed E-state index contributed by atoms with van der Waals surface area (Å²) in [5.74, 6) is -0.173. The van der Waals surface area contributed by atoms with E-state index in [1.807, 2.05) is 0 Å². The molecule has 0 bridgehead atoms. The zero-order valence-corrected chi connectivity index (χ0v) is 10.2. The van der Waals surface area contributed by atoms with Crippen molar-refractivity contribution in [1.82, 2.24) is 10.3 Å². The van der Waals surface area contributed by atoms with Gasteiger partial charge in [-0.2, -0.15) is 0 Å². The van der Waals surface area contributed by atoms with Gasteiger partial charge < -0.3 is 15.4 Å². The van der Waals surface area contributed by atoms with Gasteiger partial charge >= 0.3 is 7.12 Å². The Hall–Kier alpha value is -2.18. The summed E-state index contributed by atoms with van der Waals surface area (Å²) >= 11 is 0. The van der Waals surface area contributed by atoms with E-state index in [9.17, 15) is 4.79 Å². The Labute approximate surface area is 111 Å². The second-order valence-electron chi connectivity index (χ2n) is 4.03. The molecule has 0 atom stereocenters. The number of nitrogens with one attached hydrogen (secondary N) is 1. The van der Waals surface area contributed by atoms with Gasteiger partial charge in [-0.05, 0) is 23.2 Å². The van der Waals surface area contributed by atoms with E-state index < -0.39 is 7.12 Å². The van der Waals surface area contributed by atoms with Crippen molar-refractivity contribution in [2.75, 3.05) is 0 Å². The van der Waals surface area contributed by atoms with Crippen LogP contribution in [0.2, 0.25) is 0 Å². The van der Waals surface area contributed by atoms with Crippen molar-refractivity contribution in [3.05, 3.63) is 59.9 Å². The second kappa shape index (κ2) is 6.13. The minimum absolute atomic E-state index is 0.173. The molecule has 0 saturated heterocycles. The summed E-state index contributed by atoms with van der Waals surface area (Å²) in [5, 5.41) is 20.7. The van der Waals surface area contributed by atoms with Crippen molar-refractivity contribution in [2.24, 2.45) is 0 Å². The van der Waals surface area contributed by atoms with Crippen LogP contribution in [0, 0.1) is 0 Å². The Kier molecular flexibility index (Phi) is 4.28. The number of benzene rings is 1. The first-order valence-electron chi connectivity index (χ1n) is 5.80. The number of nitrogens with zero attached hydrogens (tertiary/aromatic N) is 1. The highest BCUT2D eigenvalue weighted by Gasteiger charge is 2.10. The fourth-order valence-corrected chi connectivity index (χ4v) is 1.60. The molecule has 0 radical (unpaired) electrons. The minimum atomic E-state index is -1.47. The smallest absolute Gasteiger partial charge is 0.423 e. The van der Waals surface area contributed by atoms with Gasteiger partial charge in [-0.15, -0.1) is 0 Å². The number of aromatic nitrogens is 1. The number of hydrogen-bond donors (Lipinski definition) is 3. The first-order valence-corrected chi connectivity index (χ1v) is 5.80. The molecular formula is C13H13BN2O3. The number of rotatable bonds is 4. The Balaban J connectivity index is 1.94. The van der Waals surface area contributed by atoms with E-state index >= 15 is 0 Å². The highest BCUT2D eigenvalue weighted by Crippen LogP contribution is 2.00. The number of amides is 1. The number of carbonyl (C=O) groups excluding carboxylic acids is 1. The standard InChI is InChI=1S/C13H13BN2O3/c17-13(11-5-7-15-8-6-11)16-9-10-1-3-12(4-2-10)14(18)19/h1-8,18-19H,9H2,(H,16,17). The average molecular weight is 256 g/mol. The van der Waals surface area contributed by atoms with E-state index in [0.717, 1.165) is 5.56 Å². The van der Waals surface area contributed by atoms with Crippen LogP contribution < -0.4 is 10.8 Å². The van der Waals surface area contributed by atoms with Crippen LogP contribution in [-0.4, -0.2) is 28.1 Å². The van der Waals surface area contributed by atoms with Crippen LogP contribution in [0.1, 0.15) is 15.9 Å². The van der Waals surface area contributed by atoms with Crippen molar-refractivity contribution in [2.45, 2.75) is 6.54 Å². The van der Waals surface area contributed by atoms with E-state index in [1.54, 1.807) is 48.8 Å². The minimum Gasteiger partial charge on any atom is -0.423 e. The van der Waals surface area contributed by atoms with Crippen LogP contribution in [0.25, 0.3) is 0 Å². The van der Waals surface area contributed by atoms with Gasteiger partial charge in [0.15, 0.2) is 0 Å². The van der Waals surface area contributed by atoms with Gasteiger partial charge in [-0.1, -0.05) is 24.3 Å². The molecule has 0 aliphatic carbocycles. The topological polar surface area (TPSA) is 82.5 Å². The number of carbonyl (C=O) groups is 1. The molecule has 6 heteroatoms. The van der Waals surface area contributed by atoms with Gasteiger partial charge in [0.05, 0.1) is 0 Å². The maximum atomic E-state index is 11.8. The van der Waals surface area contributed by atoms with Crippen LogP contribution in [0.15, 0.2) is 48.8 Å². The normalized spacial score (nSPS) is 10.0. The van der Waals surface area contributed by atoms with Gasteiger partial charge in [-0.25, -0.2) is 0 Å². The lowest BCUT2D eigenvalue weighted by Crippen LogP contribution is -2.29. The maximum absolute atomic E-state index is 11.8. The monoisotopic (exact) mass is 256 g/mol. The molecule has 0 unspecified atom stereocenters. The Morgan fingerprint density at radius 1 is 1.11 bits per heavy atom. The van der Waals surface area contributed by atoms with Crippen LogP contribution in [0.4, 0.5) is 0 Å². The molecule has 0 spiro atoms. The van der Waals surface area contributed by atoms with Crippen molar-refractivity contribution >= 4 is 18.5 Å². The highest BCUT2D eigenvalue weighted by molar-refractivity contribution is 6.58. The lowest BCUT2D eigenvalue weighted by atomic mass is 9.80. The Bertz CT molecular complexity index is 544. The fourth-order valence-electron chi connectivity index (χ4n) is 1.60. The quantitative estimate of drug-likeness (QED) is 0.655. The van der Waals surface area contributed by atoms with Gasteiger partial charge in [-0.3, -0.25) is 9.78 Å². The van der Waals surface area contributed by atoms with E-state index in [1.165, 1.54) is 0 Å². The summed E-state index contributed by atoms with van der Waals surface area (Å²) < 4.78 is 0. The first-order chi connectivity index (χ1) is 9.16. The van der Waals surface area contributed by atoms with Crippen molar-refractivity contribution in [3.8, 4) is 0 Å². The van der Waals surface area contributed by atoms with Crippen LogP contribution in [0.3, 0.4) is 0 Å². The summed E-state index contributed by atoms with van der Waals surface area (Å²) in [7, 11) is -1.47. The predicted octanol–water partition coefficient (Wildman–Crippen LogP) is -0.309. The zero-order valence-electron chi connectivity index (χ0n) is 10.2. The Morgan fingerprint density at radius 3 is 2.32 bits per heavy atom. The van der Waals surface area contributed by atoms with Gasteiger partial charge in [0.25, 0.3) is 5.91 Å². The van der Waals surface area contributed by atoms with Crippen LogP contribution >= 0.6 is 0 Å². The number of hydrogen-bond acceptors (Lipinski definition) is 4. The molecule has 2 rings (SSSR count). The lowest BCUT2D eigenvalue weighted by molar-refractivity contribution is 0.0951. The molecule has 1 heterocycles. The molecule has 0 aliphatic rings. The Morgan fingerprint density at radius 2 is 1.74 bits per heavy atom. The fraction of sp³-hybridized carbons (Fsp3) is 0.0769. The second-order valence-corrected chi connectivity index (χ2v) is 4.03. The third kappa shape index (κ3) is 3.64. The lowest BCUT2D eigenvalue weighted by Gasteiger charge is -2.06. The number of pyridine rings is 1. The molecule has 5 nitrogen and oxygen atoms in total. The van der Waals surface area contributed by atoms with Crippen molar-refractivity contribution in [1.29, 1.82) is 0 Å². The molecule has 0 saturated carbocycles. The van der Waals surface area contributed by atoms with E-state index in [2.05, 4.69) is 10.3 Å². The van der Waals surface area contributed by atoms with Gasteiger partial charge in [0.1, 0.15) is 0 Å². The summed E-state index contributed by atoms with van der Waals surface area (Å²) in [5.41, 5.74) is 1.86. The summed E-state index contributed by atoms with van der Waals surface area (Å²) in [6.07, 6.45) is 3.12. The average Bonchev–Trinajstić information content (AvgIpc) is 2.46. The maximum Gasteiger partial charge on any atom is 0.488 e. The molecular weight excluding hydrogens is 243 g/mol. The van der Waals surface area contributed by atoms with Crippen molar-refractivity contribution in [3.63, 3.8) is 0 Å². The molecule has 3 N–H and O–H groups in total. The first kappa shape index (κ1) is 13.3. The van der Waals surface area contributed by atoms with Gasteiger partial charge in [0.2, 0.25) is 0 Å². The van der Waals surface area contributed by atoms with E-state index in [-0.39, 0.29) is 5.91 Å². The molecule has 19 heavy (non-hydrogen) atoms. The highest BCUT2D eigenvalue weighted by atomic mass is 16.4. The SMILES string of the molecule is O=C(NCc1ccc(B(O)O)cc1)c1ccncc1. The van der Waals surface area contributed by atoms with Crippen molar-refractivity contribution < 1.29 is 14.8 Å². The molecule has 0 fully saturated rings. The molecule has 2 aromatic rings. The van der Waals surface area contributed by atoms with Gasteiger partial charge in [0, 0.05) is 24.5 Å². The third-order valence-corrected chi connectivity index (χ3v) is 2.67. The largest absolute Gasteiger partial charge is 0.488 e. The molecule has 1 amide bonds. The molecule has 0 aliphatic heterocycles. The molecule has 1 aromatic heterocycles. The zero-order chi connectivity index (χ0) is 13.7. The molecule has 96 valence electrons. The predicted molar refractivity (Wildman–Crippen MR) is 71.7 cm³/mol.